The first kappa shape index (κ1) is 9.39. The van der Waals surface area contributed by atoms with Crippen molar-refractivity contribution in [2.75, 3.05) is 0 Å². The maximum absolute atomic E-state index is 11.0. The van der Waals surface area contributed by atoms with Gasteiger partial charge in [0.15, 0.2) is 5.75 Å². The van der Waals surface area contributed by atoms with E-state index in [1.165, 1.54) is 12.1 Å². The molecule has 0 spiro atoms. The molecule has 0 unspecified atom stereocenters. The van der Waals surface area contributed by atoms with Crippen LogP contribution in [0, 0.1) is 0 Å². The van der Waals surface area contributed by atoms with Crippen molar-refractivity contribution < 1.29 is 9.84 Å². The molecule has 1 aromatic carbocycles. The first-order valence-corrected chi connectivity index (χ1v) is 4.51. The van der Waals surface area contributed by atoms with Crippen molar-refractivity contribution in [1.82, 2.24) is 0 Å². The van der Waals surface area contributed by atoms with Crippen LogP contribution in [-0.2, 0) is 5.11 Å². The maximum Gasteiger partial charge on any atom is 0.183 e. The number of halogens is 1. The van der Waals surface area contributed by atoms with Crippen LogP contribution in [0.4, 0.5) is 0 Å². The summed E-state index contributed by atoms with van der Waals surface area (Å²) in [4.78, 5) is 0. The lowest BCUT2D eigenvalue weighted by molar-refractivity contribution is 0.240. The molecule has 0 aliphatic heterocycles. The summed E-state index contributed by atoms with van der Waals surface area (Å²) in [5.74, 6) is 0.574. The Hall–Kier alpha value is -0.700. The van der Waals surface area contributed by atoms with E-state index in [-0.39, 0.29) is 11.9 Å². The Morgan fingerprint density at radius 2 is 2.00 bits per heavy atom. The zero-order chi connectivity index (χ0) is 9.14. The van der Waals surface area contributed by atoms with Gasteiger partial charge in [-0.25, -0.2) is 0 Å². The Balaban J connectivity index is 2.85. The lowest BCUT2D eigenvalue weighted by atomic mass is 10.3. The number of ether oxygens (including phenoxy) is 1. The monoisotopic (exact) mass is 229 g/mol. The van der Waals surface area contributed by atoms with Gasteiger partial charge in [-0.1, -0.05) is 15.9 Å². The van der Waals surface area contributed by atoms with E-state index in [0.29, 0.717) is 5.75 Å². The van der Waals surface area contributed by atoms with Crippen LogP contribution in [0.15, 0.2) is 22.7 Å². The first-order valence-electron chi connectivity index (χ1n) is 3.72. The number of hydrogen-bond acceptors (Lipinski definition) is 1. The summed E-state index contributed by atoms with van der Waals surface area (Å²) in [5.41, 5.74) is 0. The lowest BCUT2D eigenvalue weighted by Crippen LogP contribution is -2.05. The standard InChI is InChI=1S/C9H10BrO2/c1-6(2)12-9-4-7(10)3-8(11)5-9/h3-6H,1-2H3. The summed E-state index contributed by atoms with van der Waals surface area (Å²) in [6.07, 6.45) is 0.0960. The minimum absolute atomic E-state index is 0.0416. The fourth-order valence-electron chi connectivity index (χ4n) is 0.877. The summed E-state index contributed by atoms with van der Waals surface area (Å²) in [5, 5.41) is 11.0. The van der Waals surface area contributed by atoms with Gasteiger partial charge in [-0.3, -0.25) is 5.11 Å². The Bertz CT molecular complexity index is 251. The molecule has 65 valence electrons. The highest BCUT2D eigenvalue weighted by molar-refractivity contribution is 9.10. The molecule has 0 aromatic heterocycles. The van der Waals surface area contributed by atoms with E-state index in [4.69, 9.17) is 4.74 Å². The summed E-state index contributed by atoms with van der Waals surface area (Å²) >= 11 is 3.22. The van der Waals surface area contributed by atoms with Gasteiger partial charge in [0, 0.05) is 10.5 Å². The van der Waals surface area contributed by atoms with Gasteiger partial charge < -0.3 is 4.74 Å². The third kappa shape index (κ3) is 2.74. The molecule has 1 aromatic rings. The molecule has 0 bridgehead atoms. The fourth-order valence-corrected chi connectivity index (χ4v) is 1.33. The van der Waals surface area contributed by atoms with E-state index in [0.717, 1.165) is 4.47 Å². The van der Waals surface area contributed by atoms with Gasteiger partial charge in [0.2, 0.25) is 0 Å². The van der Waals surface area contributed by atoms with Crippen molar-refractivity contribution >= 4 is 15.9 Å². The highest BCUT2D eigenvalue weighted by Gasteiger charge is 2.01. The molecular weight excluding hydrogens is 220 g/mol. The predicted octanol–water partition coefficient (Wildman–Crippen LogP) is 3.38. The molecular formula is C9H10BrO2. The summed E-state index contributed by atoms with van der Waals surface area (Å²) in [6, 6.07) is 4.76. The van der Waals surface area contributed by atoms with Crippen molar-refractivity contribution in [1.29, 1.82) is 0 Å². The third-order valence-electron chi connectivity index (χ3n) is 1.22. The van der Waals surface area contributed by atoms with Crippen LogP contribution < -0.4 is 4.74 Å². The van der Waals surface area contributed by atoms with Crippen LogP contribution in [0.25, 0.3) is 0 Å². The maximum atomic E-state index is 11.0. The molecule has 0 saturated heterocycles. The average molecular weight is 230 g/mol. The third-order valence-corrected chi connectivity index (χ3v) is 1.67. The van der Waals surface area contributed by atoms with Crippen LogP contribution in [0.1, 0.15) is 13.8 Å². The Morgan fingerprint density at radius 1 is 1.33 bits per heavy atom. The molecule has 0 atom stereocenters. The van der Waals surface area contributed by atoms with Gasteiger partial charge in [-0.2, -0.15) is 0 Å². The Kier molecular flexibility index (Phi) is 2.98. The van der Waals surface area contributed by atoms with Crippen molar-refractivity contribution in [3.05, 3.63) is 22.7 Å². The molecule has 1 rings (SSSR count). The Labute approximate surface area is 80.3 Å². The van der Waals surface area contributed by atoms with Gasteiger partial charge >= 0.3 is 0 Å². The lowest BCUT2D eigenvalue weighted by Gasteiger charge is -2.09. The second-order valence-corrected chi connectivity index (χ2v) is 3.70. The molecule has 1 radical (unpaired) electrons. The SMILES string of the molecule is CC(C)Oc1cc([O])cc(Br)c1. The second kappa shape index (κ2) is 3.81. The largest absolute Gasteiger partial charge is 0.491 e. The summed E-state index contributed by atoms with van der Waals surface area (Å²) < 4.78 is 6.10. The van der Waals surface area contributed by atoms with Gasteiger partial charge in [0.1, 0.15) is 5.75 Å². The normalized spacial score (nSPS) is 10.3. The van der Waals surface area contributed by atoms with Crippen LogP contribution in [0.2, 0.25) is 0 Å². The summed E-state index contributed by atoms with van der Waals surface area (Å²) in [6.45, 7) is 3.84. The summed E-state index contributed by atoms with van der Waals surface area (Å²) in [7, 11) is 0. The molecule has 12 heavy (non-hydrogen) atoms. The van der Waals surface area contributed by atoms with Crippen molar-refractivity contribution in [3.8, 4) is 11.5 Å². The van der Waals surface area contributed by atoms with E-state index in [9.17, 15) is 5.11 Å². The minimum Gasteiger partial charge on any atom is -0.491 e. The molecule has 0 fully saturated rings. The molecule has 2 nitrogen and oxygen atoms in total. The second-order valence-electron chi connectivity index (χ2n) is 2.79. The van der Waals surface area contributed by atoms with Crippen LogP contribution in [0.5, 0.6) is 11.5 Å². The van der Waals surface area contributed by atoms with Gasteiger partial charge in [0.25, 0.3) is 0 Å². The smallest absolute Gasteiger partial charge is 0.183 e. The molecule has 0 aliphatic rings. The number of benzene rings is 1. The van der Waals surface area contributed by atoms with Crippen LogP contribution >= 0.6 is 15.9 Å². The topological polar surface area (TPSA) is 29.1 Å². The molecule has 0 amide bonds. The van der Waals surface area contributed by atoms with E-state index in [1.807, 2.05) is 13.8 Å². The fraction of sp³-hybridized carbons (Fsp3) is 0.333. The highest BCUT2D eigenvalue weighted by Crippen LogP contribution is 2.26. The van der Waals surface area contributed by atoms with Crippen LogP contribution in [-0.4, -0.2) is 6.10 Å². The van der Waals surface area contributed by atoms with Crippen molar-refractivity contribution in [2.24, 2.45) is 0 Å². The number of hydrogen-bond donors (Lipinski definition) is 0. The van der Waals surface area contributed by atoms with Crippen molar-refractivity contribution in [2.45, 2.75) is 20.0 Å². The molecule has 0 N–H and O–H groups in total. The van der Waals surface area contributed by atoms with Gasteiger partial charge in [0.05, 0.1) is 6.10 Å². The van der Waals surface area contributed by atoms with Gasteiger partial charge in [-0.15, -0.1) is 0 Å². The van der Waals surface area contributed by atoms with Gasteiger partial charge in [-0.05, 0) is 26.0 Å². The quantitative estimate of drug-likeness (QED) is 0.765. The number of rotatable bonds is 2. The molecule has 3 heteroatoms. The Morgan fingerprint density at radius 3 is 2.50 bits per heavy atom. The molecule has 0 aliphatic carbocycles. The zero-order valence-corrected chi connectivity index (χ0v) is 8.59. The molecule has 0 saturated carbocycles. The van der Waals surface area contributed by atoms with E-state index in [1.54, 1.807) is 6.07 Å². The van der Waals surface area contributed by atoms with Crippen LogP contribution in [0.3, 0.4) is 0 Å². The predicted molar refractivity (Wildman–Crippen MR) is 50.0 cm³/mol. The van der Waals surface area contributed by atoms with Crippen molar-refractivity contribution in [3.63, 3.8) is 0 Å². The minimum atomic E-state index is -0.0416. The van der Waals surface area contributed by atoms with E-state index < -0.39 is 0 Å². The first-order chi connectivity index (χ1) is 5.58. The van der Waals surface area contributed by atoms with E-state index in [2.05, 4.69) is 15.9 Å². The molecule has 0 heterocycles. The zero-order valence-electron chi connectivity index (χ0n) is 7.00. The average Bonchev–Trinajstić information content (AvgIpc) is 1.81. The highest BCUT2D eigenvalue weighted by atomic mass is 79.9. The van der Waals surface area contributed by atoms with E-state index >= 15 is 0 Å².